The molecule has 0 bridgehead atoms. The van der Waals surface area contributed by atoms with Crippen molar-refractivity contribution < 1.29 is 57.1 Å². The van der Waals surface area contributed by atoms with Gasteiger partial charge in [0.15, 0.2) is 17.7 Å². The van der Waals surface area contributed by atoms with Crippen LogP contribution in [0.5, 0.6) is 0 Å². The number of imidazole rings is 1. The molecule has 0 spiro atoms. The Bertz CT molecular complexity index is 1110. The molecule has 3 rings (SSSR count). The number of ether oxygens (including phenoxy) is 1. The van der Waals surface area contributed by atoms with Gasteiger partial charge in [0, 0.05) is 0 Å². The van der Waals surface area contributed by atoms with Gasteiger partial charge < -0.3 is 40.3 Å². The van der Waals surface area contributed by atoms with Gasteiger partial charge in [-0.25, -0.2) is 28.6 Å². The Kier molecular flexibility index (Phi) is 6.68. The highest BCUT2D eigenvalue weighted by Crippen LogP contribution is 2.61. The number of nitrogens with one attached hydrogen (secondary N) is 1. The molecule has 0 amide bonds. The number of rotatable bonds is 8. The van der Waals surface area contributed by atoms with E-state index in [1.165, 1.54) is 10.9 Å². The lowest BCUT2D eigenvalue weighted by Crippen LogP contribution is -2.33. The highest BCUT2D eigenvalue weighted by Gasteiger charge is 2.46. The summed E-state index contributed by atoms with van der Waals surface area (Å²) in [6, 6.07) is 0. The summed E-state index contributed by atoms with van der Waals surface area (Å²) in [6.07, 6.45) is -3.62. The number of phosphoric acid groups is 1. The fourth-order valence-corrected chi connectivity index (χ4v) is 6.10. The fraction of sp³-hybridized carbons (Fsp3) is 0.500. The lowest BCUT2D eigenvalue weighted by atomic mass is 10.1. The Hall–Kier alpha value is -1.36. The van der Waals surface area contributed by atoms with Crippen molar-refractivity contribution in [3.8, 4) is 0 Å². The summed E-state index contributed by atoms with van der Waals surface area (Å²) in [4.78, 5) is 48.5. The van der Waals surface area contributed by atoms with Gasteiger partial charge in [0.2, 0.25) is 0 Å². The van der Waals surface area contributed by atoms with Crippen molar-refractivity contribution in [3.05, 3.63) is 12.7 Å². The maximum atomic E-state index is 11.8. The number of hydrogen-bond acceptors (Lipinski definition) is 12. The van der Waals surface area contributed by atoms with Crippen LogP contribution in [0.2, 0.25) is 0 Å². The summed E-state index contributed by atoms with van der Waals surface area (Å²) in [5.41, 5.74) is 6.02. The van der Waals surface area contributed by atoms with Crippen molar-refractivity contribution in [1.29, 1.82) is 0 Å². The number of aliphatic hydroxyl groups is 2. The van der Waals surface area contributed by atoms with Crippen molar-refractivity contribution in [2.75, 3.05) is 12.3 Å². The molecule has 2 aromatic rings. The zero-order chi connectivity index (χ0) is 23.2. The highest BCUT2D eigenvalue weighted by molar-refractivity contribution is 7.70. The van der Waals surface area contributed by atoms with Gasteiger partial charge >= 0.3 is 23.3 Å². The standard InChI is InChI=1S/C10H17N6O12P3/c11-8-5-9(13-2-12-8)16(3-14-5)10-7(18)6(17)4(27-10)1-26-31(24,25)28-30(22,23)15-29(19,20)21/h2-4,6-7,10,17-18H,1H2,(H,24,25)(H2,11,12,13)(H4,15,19,20,21,22,23)/t4-,6-,7+,10-/m1/s1. The van der Waals surface area contributed by atoms with Gasteiger partial charge in [0.05, 0.1) is 12.9 Å². The molecule has 1 aliphatic heterocycles. The maximum absolute atomic E-state index is 11.8. The van der Waals surface area contributed by atoms with E-state index in [0.717, 1.165) is 11.2 Å². The second kappa shape index (κ2) is 8.53. The van der Waals surface area contributed by atoms with Crippen molar-refractivity contribution in [2.45, 2.75) is 24.5 Å². The van der Waals surface area contributed by atoms with Crippen molar-refractivity contribution >= 4 is 40.3 Å². The molecule has 1 fully saturated rings. The van der Waals surface area contributed by atoms with Crippen LogP contribution < -0.4 is 10.6 Å². The smallest absolute Gasteiger partial charge is 0.387 e. The first kappa shape index (κ1) is 24.3. The average molecular weight is 506 g/mol. The number of fused-ring (bicyclic) bond motifs is 1. The molecule has 0 aromatic carbocycles. The Balaban J connectivity index is 1.69. The van der Waals surface area contributed by atoms with Crippen molar-refractivity contribution in [2.24, 2.45) is 0 Å². The number of nitrogens with zero attached hydrogens (tertiary/aromatic N) is 4. The maximum Gasteiger partial charge on any atom is 0.480 e. The summed E-state index contributed by atoms with van der Waals surface area (Å²) < 4.78 is 48.9. The van der Waals surface area contributed by atoms with Gasteiger partial charge in [-0.1, -0.05) is 0 Å². The monoisotopic (exact) mass is 506 g/mol. The topological polar surface area (TPSA) is 282 Å². The Labute approximate surface area is 172 Å². The summed E-state index contributed by atoms with van der Waals surface area (Å²) >= 11 is 0. The Morgan fingerprint density at radius 2 is 1.81 bits per heavy atom. The van der Waals surface area contributed by atoms with Gasteiger partial charge in [-0.05, 0) is 0 Å². The van der Waals surface area contributed by atoms with Gasteiger partial charge in [-0.3, -0.25) is 9.09 Å². The van der Waals surface area contributed by atoms with E-state index in [0.29, 0.717) is 0 Å². The lowest BCUT2D eigenvalue weighted by Gasteiger charge is -2.19. The largest absolute Gasteiger partial charge is 0.480 e. The molecule has 18 nitrogen and oxygen atoms in total. The second-order valence-electron chi connectivity index (χ2n) is 6.14. The van der Waals surface area contributed by atoms with Gasteiger partial charge in [-0.2, -0.15) is 4.31 Å². The summed E-state index contributed by atoms with van der Waals surface area (Å²) in [5.74, 6) is 0.0485. The minimum atomic E-state index is -5.45. The zero-order valence-electron chi connectivity index (χ0n) is 15.0. The molecule has 3 heterocycles. The Morgan fingerprint density at radius 3 is 2.45 bits per heavy atom. The third-order valence-corrected chi connectivity index (χ3v) is 8.11. The van der Waals surface area contributed by atoms with Crippen LogP contribution in [0.15, 0.2) is 12.7 Å². The first-order valence-electron chi connectivity index (χ1n) is 8.00. The molecule has 9 N–H and O–H groups in total. The van der Waals surface area contributed by atoms with Crippen LogP contribution >= 0.6 is 23.3 Å². The first-order chi connectivity index (χ1) is 14.2. The van der Waals surface area contributed by atoms with E-state index < -0.39 is 54.5 Å². The third-order valence-electron chi connectivity index (χ3n) is 3.87. The van der Waals surface area contributed by atoms with E-state index in [2.05, 4.69) is 23.8 Å². The minimum absolute atomic E-state index is 0.0485. The first-order valence-corrected chi connectivity index (χ1v) is 12.7. The van der Waals surface area contributed by atoms with E-state index in [9.17, 15) is 33.7 Å². The molecular formula is C10H17N6O12P3. The second-order valence-corrected chi connectivity index (χ2v) is 10.9. The number of aliphatic hydroxyl groups excluding tert-OH is 2. The van der Waals surface area contributed by atoms with Crippen LogP contribution in [-0.4, -0.2) is 74.2 Å². The van der Waals surface area contributed by atoms with Gasteiger partial charge in [-0.15, -0.1) is 4.86 Å². The number of hydrogen-bond donors (Lipinski definition) is 8. The fourth-order valence-electron chi connectivity index (χ4n) is 2.67. The molecule has 2 aromatic heterocycles. The average Bonchev–Trinajstić information content (AvgIpc) is 3.13. The van der Waals surface area contributed by atoms with Gasteiger partial charge in [0.1, 0.15) is 30.2 Å². The Morgan fingerprint density at radius 1 is 1.13 bits per heavy atom. The summed E-state index contributed by atoms with van der Waals surface area (Å²) in [6.45, 7) is -0.928. The molecule has 0 saturated carbocycles. The third kappa shape index (κ3) is 5.71. The summed E-state index contributed by atoms with van der Waals surface area (Å²) in [5, 5.41) is 20.4. The normalized spacial score (nSPS) is 28.5. The molecule has 21 heteroatoms. The van der Waals surface area contributed by atoms with Gasteiger partial charge in [0.25, 0.3) is 0 Å². The molecule has 6 atom stereocenters. The van der Waals surface area contributed by atoms with E-state index in [4.69, 9.17) is 20.3 Å². The number of anilines is 1. The number of nitrogens with two attached hydrogens (primary N) is 1. The van der Waals surface area contributed by atoms with Crippen LogP contribution in [-0.2, 0) is 27.3 Å². The zero-order valence-corrected chi connectivity index (χ0v) is 17.7. The van der Waals surface area contributed by atoms with Crippen LogP contribution in [0.3, 0.4) is 0 Å². The number of phosphoric ester groups is 1. The molecule has 31 heavy (non-hydrogen) atoms. The molecule has 0 aliphatic carbocycles. The quantitative estimate of drug-likeness (QED) is 0.179. The minimum Gasteiger partial charge on any atom is -0.387 e. The predicted molar refractivity (Wildman–Crippen MR) is 97.5 cm³/mol. The van der Waals surface area contributed by atoms with Crippen molar-refractivity contribution in [1.82, 2.24) is 24.4 Å². The van der Waals surface area contributed by atoms with E-state index in [1.807, 2.05) is 0 Å². The molecule has 2 unspecified atom stereocenters. The lowest BCUT2D eigenvalue weighted by molar-refractivity contribution is -0.0502. The van der Waals surface area contributed by atoms with E-state index >= 15 is 0 Å². The summed E-state index contributed by atoms with van der Waals surface area (Å²) in [7, 11) is -16.1. The number of nitrogen functional groups attached to an aromatic ring is 1. The van der Waals surface area contributed by atoms with Crippen LogP contribution in [0.4, 0.5) is 5.82 Å². The van der Waals surface area contributed by atoms with Crippen LogP contribution in [0.1, 0.15) is 6.23 Å². The number of aromatic nitrogens is 4. The molecular weight excluding hydrogens is 489 g/mol. The van der Waals surface area contributed by atoms with Crippen LogP contribution in [0, 0.1) is 0 Å². The molecule has 174 valence electrons. The predicted octanol–water partition coefficient (Wildman–Crippen LogP) is -2.06. The van der Waals surface area contributed by atoms with E-state index in [-0.39, 0.29) is 17.0 Å². The van der Waals surface area contributed by atoms with Crippen LogP contribution in [0.25, 0.3) is 11.2 Å². The molecule has 0 radical (unpaired) electrons. The van der Waals surface area contributed by atoms with Crippen molar-refractivity contribution in [3.63, 3.8) is 0 Å². The SMILES string of the molecule is Nc1ncnc2c1ncn2[C@@H]1O[C@H](COP(=O)(O)OP(=O)(O)NP(=O)(O)O)[C@@H](O)[C@@H]1O. The van der Waals surface area contributed by atoms with E-state index in [1.54, 1.807) is 0 Å². The molecule has 1 aliphatic rings. The molecule has 1 saturated heterocycles. The highest BCUT2D eigenvalue weighted by atomic mass is 31.3.